The van der Waals surface area contributed by atoms with Gasteiger partial charge in [0.15, 0.2) is 5.82 Å². The van der Waals surface area contributed by atoms with Crippen LogP contribution in [-0.4, -0.2) is 44.1 Å². The molecule has 7 nitrogen and oxygen atoms in total. The molecular weight excluding hydrogens is 399 g/mol. The van der Waals surface area contributed by atoms with E-state index in [9.17, 15) is 14.7 Å². The van der Waals surface area contributed by atoms with E-state index in [0.717, 1.165) is 11.9 Å². The summed E-state index contributed by atoms with van der Waals surface area (Å²) >= 11 is 6.42. The lowest BCUT2D eigenvalue weighted by molar-refractivity contribution is -0.120. The smallest absolute Gasteiger partial charge is 0.408 e. The van der Waals surface area contributed by atoms with Crippen molar-refractivity contribution >= 4 is 40.3 Å². The van der Waals surface area contributed by atoms with Gasteiger partial charge in [0.05, 0.1) is 22.6 Å². The van der Waals surface area contributed by atoms with Crippen LogP contribution in [0.15, 0.2) is 36.7 Å². The summed E-state index contributed by atoms with van der Waals surface area (Å²) < 4.78 is 15.2. The van der Waals surface area contributed by atoms with Crippen molar-refractivity contribution in [2.24, 2.45) is 5.92 Å². The molecule has 0 bridgehead atoms. The zero-order chi connectivity index (χ0) is 20.3. The molecule has 3 atom stereocenters. The van der Waals surface area contributed by atoms with Crippen LogP contribution < -0.4 is 5.32 Å². The standard InChI is InChI=1S/C20H16ClFN4O3/c21-16-10(4-5-13-18(16)24-8-23-13)11-2-1-3-12(17(11)22)25-19(27)15-7-9-6-14(9)26(15)20(28)29/h1-5,8-9,14-15H,6-7H2,(H,23,24)(H,25,27)(H,28,29)/t9-,14-,15+/m1/s1. The number of fused-ring (bicyclic) bond motifs is 2. The molecule has 1 saturated carbocycles. The Morgan fingerprint density at radius 2 is 2.07 bits per heavy atom. The van der Waals surface area contributed by atoms with Crippen molar-refractivity contribution in [1.82, 2.24) is 14.9 Å². The van der Waals surface area contributed by atoms with Gasteiger partial charge in [-0.05, 0) is 30.9 Å². The Morgan fingerprint density at radius 3 is 2.86 bits per heavy atom. The molecule has 3 aromatic rings. The molecule has 148 valence electrons. The number of rotatable bonds is 3. The first-order chi connectivity index (χ1) is 14.0. The van der Waals surface area contributed by atoms with E-state index >= 15 is 4.39 Å². The molecule has 2 heterocycles. The highest BCUT2D eigenvalue weighted by molar-refractivity contribution is 6.37. The number of amides is 2. The zero-order valence-corrected chi connectivity index (χ0v) is 15.8. The van der Waals surface area contributed by atoms with Crippen LogP contribution in [0.1, 0.15) is 12.8 Å². The van der Waals surface area contributed by atoms with Crippen molar-refractivity contribution < 1.29 is 19.1 Å². The Morgan fingerprint density at radius 1 is 1.24 bits per heavy atom. The van der Waals surface area contributed by atoms with Gasteiger partial charge in [-0.2, -0.15) is 0 Å². The van der Waals surface area contributed by atoms with Crippen LogP contribution in [0.5, 0.6) is 0 Å². The molecule has 2 amide bonds. The molecule has 2 aliphatic rings. The third-order valence-electron chi connectivity index (χ3n) is 5.70. The lowest BCUT2D eigenvalue weighted by Gasteiger charge is -2.24. The lowest BCUT2D eigenvalue weighted by Crippen LogP contribution is -2.44. The van der Waals surface area contributed by atoms with Gasteiger partial charge in [0, 0.05) is 17.2 Å². The summed E-state index contributed by atoms with van der Waals surface area (Å²) in [4.78, 5) is 32.4. The second-order valence-electron chi connectivity index (χ2n) is 7.39. The minimum atomic E-state index is -1.12. The first-order valence-corrected chi connectivity index (χ1v) is 9.56. The lowest BCUT2D eigenvalue weighted by atomic mass is 10.0. The number of halogens is 2. The van der Waals surface area contributed by atoms with Gasteiger partial charge in [-0.25, -0.2) is 14.2 Å². The number of carboxylic acid groups (broad SMARTS) is 1. The molecule has 0 unspecified atom stereocenters. The number of imidazole rings is 1. The molecule has 0 radical (unpaired) electrons. The highest BCUT2D eigenvalue weighted by Crippen LogP contribution is 2.48. The van der Waals surface area contributed by atoms with Crippen molar-refractivity contribution in [3.8, 4) is 11.1 Å². The monoisotopic (exact) mass is 414 g/mol. The quantitative estimate of drug-likeness (QED) is 0.600. The molecule has 1 aromatic heterocycles. The fourth-order valence-electron chi connectivity index (χ4n) is 4.20. The number of aromatic amines is 1. The average Bonchev–Trinajstić information content (AvgIpc) is 3.12. The summed E-state index contributed by atoms with van der Waals surface area (Å²) in [5, 5.41) is 12.3. The summed E-state index contributed by atoms with van der Waals surface area (Å²) in [6.07, 6.45) is 1.64. The highest BCUT2D eigenvalue weighted by Gasteiger charge is 2.56. The van der Waals surface area contributed by atoms with E-state index in [1.165, 1.54) is 17.3 Å². The van der Waals surface area contributed by atoms with Gasteiger partial charge in [-0.3, -0.25) is 9.69 Å². The maximum absolute atomic E-state index is 15.2. The van der Waals surface area contributed by atoms with Crippen LogP contribution in [0.3, 0.4) is 0 Å². The van der Waals surface area contributed by atoms with Crippen molar-refractivity contribution in [2.75, 3.05) is 5.32 Å². The number of nitrogens with zero attached hydrogens (tertiary/aromatic N) is 2. The Kier molecular flexibility index (Phi) is 3.99. The maximum Gasteiger partial charge on any atom is 0.408 e. The predicted octanol–water partition coefficient (Wildman–Crippen LogP) is 4.10. The highest BCUT2D eigenvalue weighted by atomic mass is 35.5. The molecule has 3 N–H and O–H groups in total. The van der Waals surface area contributed by atoms with Gasteiger partial charge in [-0.1, -0.05) is 29.8 Å². The van der Waals surface area contributed by atoms with Crippen LogP contribution in [0.4, 0.5) is 14.9 Å². The van der Waals surface area contributed by atoms with E-state index in [0.29, 0.717) is 22.5 Å². The molecule has 0 spiro atoms. The van der Waals surface area contributed by atoms with Gasteiger partial charge in [0.2, 0.25) is 5.91 Å². The number of piperidine rings is 1. The SMILES string of the molecule is O=C(Nc1cccc(-c2ccc3[nH]cnc3c2Cl)c1F)[C@@H]1C[C@H]2C[C@H]2N1C(=O)O. The Bertz CT molecular complexity index is 1160. The van der Waals surface area contributed by atoms with E-state index in [1.54, 1.807) is 24.3 Å². The topological polar surface area (TPSA) is 98.3 Å². The number of hydrogen-bond donors (Lipinski definition) is 3. The summed E-state index contributed by atoms with van der Waals surface area (Å²) in [6.45, 7) is 0. The number of hydrogen-bond acceptors (Lipinski definition) is 3. The van der Waals surface area contributed by atoms with E-state index < -0.39 is 23.9 Å². The maximum atomic E-state index is 15.2. The Labute approximate surface area is 169 Å². The fraction of sp³-hybridized carbons (Fsp3) is 0.250. The largest absolute Gasteiger partial charge is 0.465 e. The second-order valence-corrected chi connectivity index (χ2v) is 7.76. The van der Waals surface area contributed by atoms with Crippen molar-refractivity contribution in [1.29, 1.82) is 0 Å². The second kappa shape index (κ2) is 6.45. The third kappa shape index (κ3) is 2.82. The number of likely N-dealkylation sites (tertiary alicyclic amines) is 1. The van der Waals surface area contributed by atoms with Gasteiger partial charge in [0.25, 0.3) is 0 Å². The molecule has 1 aliphatic heterocycles. The Balaban J connectivity index is 1.46. The van der Waals surface area contributed by atoms with Crippen molar-refractivity contribution in [3.63, 3.8) is 0 Å². The van der Waals surface area contributed by atoms with E-state index in [4.69, 9.17) is 11.6 Å². The van der Waals surface area contributed by atoms with Crippen LogP contribution in [0, 0.1) is 11.7 Å². The van der Waals surface area contributed by atoms with Crippen LogP contribution >= 0.6 is 11.6 Å². The van der Waals surface area contributed by atoms with Gasteiger partial charge in [-0.15, -0.1) is 0 Å². The van der Waals surface area contributed by atoms with Crippen LogP contribution in [0.2, 0.25) is 5.02 Å². The average molecular weight is 415 g/mol. The third-order valence-corrected chi connectivity index (χ3v) is 6.09. The summed E-state index contributed by atoms with van der Waals surface area (Å²) in [5.74, 6) is -0.940. The van der Waals surface area contributed by atoms with Gasteiger partial charge < -0.3 is 15.4 Å². The van der Waals surface area contributed by atoms with Crippen LogP contribution in [0.25, 0.3) is 22.2 Å². The number of H-pyrrole nitrogens is 1. The predicted molar refractivity (Wildman–Crippen MR) is 105 cm³/mol. The number of benzene rings is 2. The molecule has 1 saturated heterocycles. The molecule has 2 fully saturated rings. The normalized spacial score (nSPS) is 22.6. The number of anilines is 1. The summed E-state index contributed by atoms with van der Waals surface area (Å²) in [7, 11) is 0. The minimum absolute atomic E-state index is 0.0170. The minimum Gasteiger partial charge on any atom is -0.465 e. The first-order valence-electron chi connectivity index (χ1n) is 9.18. The van der Waals surface area contributed by atoms with Crippen molar-refractivity contribution in [2.45, 2.75) is 24.9 Å². The molecule has 9 heteroatoms. The van der Waals surface area contributed by atoms with Crippen LogP contribution in [-0.2, 0) is 4.79 Å². The van der Waals surface area contributed by atoms with E-state index in [2.05, 4.69) is 15.3 Å². The molecule has 2 aromatic carbocycles. The number of nitrogens with one attached hydrogen (secondary N) is 2. The van der Waals surface area contributed by atoms with E-state index in [1.807, 2.05) is 0 Å². The fourth-order valence-corrected chi connectivity index (χ4v) is 4.52. The summed E-state index contributed by atoms with van der Waals surface area (Å²) in [5.41, 5.74) is 1.92. The van der Waals surface area contributed by atoms with Gasteiger partial charge >= 0.3 is 6.09 Å². The number of carbonyl (C=O) groups excluding carboxylic acids is 1. The first kappa shape index (κ1) is 17.9. The van der Waals surface area contributed by atoms with Crippen molar-refractivity contribution in [3.05, 3.63) is 47.5 Å². The number of carbonyl (C=O) groups is 2. The molecule has 5 rings (SSSR count). The Hall–Kier alpha value is -3.13. The zero-order valence-electron chi connectivity index (χ0n) is 15.0. The van der Waals surface area contributed by atoms with E-state index in [-0.39, 0.29) is 23.2 Å². The molecular formula is C20H16ClFN4O3. The number of aromatic nitrogens is 2. The summed E-state index contributed by atoms with van der Waals surface area (Å²) in [6, 6.07) is 7.16. The van der Waals surface area contributed by atoms with Gasteiger partial charge in [0.1, 0.15) is 11.6 Å². The molecule has 1 aliphatic carbocycles. The molecule has 29 heavy (non-hydrogen) atoms.